The summed E-state index contributed by atoms with van der Waals surface area (Å²) < 4.78 is 54.5. The summed E-state index contributed by atoms with van der Waals surface area (Å²) in [6.45, 7) is -16.9. The van der Waals surface area contributed by atoms with Crippen molar-refractivity contribution >= 4 is 107 Å². The molecule has 3 aliphatic rings. The van der Waals surface area contributed by atoms with E-state index in [0.29, 0.717) is 0 Å². The Morgan fingerprint density at radius 3 is 1.10 bits per heavy atom. The van der Waals surface area contributed by atoms with E-state index in [4.69, 9.17) is 94.0 Å². The highest BCUT2D eigenvalue weighted by Crippen LogP contribution is 2.51. The van der Waals surface area contributed by atoms with Gasteiger partial charge in [-0.3, -0.25) is 13.7 Å². The Hall–Kier alpha value is -3.72. The minimum absolute atomic E-state index is 0.0505. The van der Waals surface area contributed by atoms with E-state index in [1.165, 1.54) is 51.7 Å². The lowest BCUT2D eigenvalue weighted by Crippen LogP contribution is -2.34. The Balaban J connectivity index is 0.843. The zero-order valence-electron chi connectivity index (χ0n) is 36.4. The molecule has 0 aliphatic carbocycles. The number of nitrogens with two attached hydrogens (primary N) is 3. The molecule has 72 heavy (non-hydrogen) atoms. The minimum Gasteiger partial charge on any atom is -0.387 e. The molecule has 0 aromatic carbocycles. The highest BCUT2D eigenvalue weighted by molar-refractivity contribution is 8.07. The van der Waals surface area contributed by atoms with Crippen molar-refractivity contribution in [2.75, 3.05) is 50.2 Å². The Morgan fingerprint density at radius 2 is 0.778 bits per heavy atom. The number of hydrogen-bond acceptors (Lipinski definition) is 30. The molecule has 39 heteroatoms. The summed E-state index contributed by atoms with van der Waals surface area (Å²) in [7, 11) is 0. The highest BCUT2D eigenvalue weighted by atomic mass is 32.5. The van der Waals surface area contributed by atoms with Crippen LogP contribution in [0.1, 0.15) is 18.7 Å². The Bertz CT molecular complexity index is 2940. The molecule has 6 aromatic heterocycles. The maximum absolute atomic E-state index is 11.3. The molecule has 0 amide bonds. The molecule has 0 bridgehead atoms. The first-order valence-electron chi connectivity index (χ1n) is 20.8. The number of hydrogen-bond donors (Lipinski definition) is 12. The summed E-state index contributed by atoms with van der Waals surface area (Å²) in [6, 6.07) is 0. The Kier molecular flexibility index (Phi) is 15.6. The van der Waals surface area contributed by atoms with Gasteiger partial charge in [-0.15, -0.1) is 0 Å². The van der Waals surface area contributed by atoms with Gasteiger partial charge in [-0.2, -0.15) is 0 Å². The first-order valence-corrected chi connectivity index (χ1v) is 28.6. The van der Waals surface area contributed by atoms with Crippen LogP contribution in [-0.2, 0) is 76.8 Å². The van der Waals surface area contributed by atoms with E-state index in [2.05, 4.69) is 44.9 Å². The largest absolute Gasteiger partial charge is 0.387 e. The van der Waals surface area contributed by atoms with Crippen LogP contribution in [-0.4, -0.2) is 198 Å². The molecule has 0 spiro atoms. The summed E-state index contributed by atoms with van der Waals surface area (Å²) in [6.07, 6.45) is -11.5. The molecule has 9 rings (SSSR count). The van der Waals surface area contributed by atoms with E-state index in [-0.39, 0.29) is 50.9 Å². The van der Waals surface area contributed by atoms with Crippen LogP contribution in [0.4, 0.5) is 17.5 Å². The predicted octanol–water partition coefficient (Wildman–Crippen LogP) is -3.77. The number of nitrogens with zero attached hydrogens (tertiary/aromatic N) is 12. The zero-order chi connectivity index (χ0) is 51.4. The van der Waals surface area contributed by atoms with Gasteiger partial charge in [-0.1, -0.05) is 0 Å². The quantitative estimate of drug-likeness (QED) is 0.0327. The zero-order valence-corrected chi connectivity index (χ0v) is 41.5. The molecule has 3 fully saturated rings. The molecule has 15 unspecified atom stereocenters. The van der Waals surface area contributed by atoms with Crippen LogP contribution < -0.4 is 17.2 Å². The number of aliphatic hydroxyl groups is 6. The van der Waals surface area contributed by atoms with Crippen molar-refractivity contribution < 1.29 is 86.7 Å². The fourth-order valence-corrected chi connectivity index (χ4v) is 11.4. The molecule has 6 aromatic rings. The van der Waals surface area contributed by atoms with Gasteiger partial charge in [-0.05, 0) is 35.4 Å². The van der Waals surface area contributed by atoms with Crippen molar-refractivity contribution in [3.05, 3.63) is 38.0 Å². The van der Waals surface area contributed by atoms with Gasteiger partial charge >= 0.3 is 20.2 Å². The van der Waals surface area contributed by atoms with E-state index in [9.17, 15) is 45.3 Å². The molecule has 3 saturated heterocycles. The molecule has 33 nitrogen and oxygen atoms in total. The molecule has 9 heterocycles. The number of nitrogen functional groups attached to an aromatic ring is 3. The lowest BCUT2D eigenvalue weighted by molar-refractivity contribution is -0.0534. The van der Waals surface area contributed by atoms with Gasteiger partial charge in [0.2, 0.25) is 0 Å². The number of ether oxygens (including phenoxy) is 3. The molecule has 0 saturated carbocycles. The molecule has 15 N–H and O–H groups in total. The van der Waals surface area contributed by atoms with Crippen LogP contribution >= 0.6 is 20.2 Å². The Morgan fingerprint density at radius 1 is 0.472 bits per heavy atom. The summed E-state index contributed by atoms with van der Waals surface area (Å²) in [5.74, 6) is 0.166. The number of rotatable bonds is 20. The second kappa shape index (κ2) is 21.1. The lowest BCUT2D eigenvalue weighted by Gasteiger charge is -2.27. The summed E-state index contributed by atoms with van der Waals surface area (Å²) >= 11 is 15.6. The van der Waals surface area contributed by atoms with Crippen molar-refractivity contribution in [3.63, 3.8) is 0 Å². The fourth-order valence-electron chi connectivity index (χ4n) is 7.72. The first-order chi connectivity index (χ1) is 34.1. The van der Waals surface area contributed by atoms with Crippen molar-refractivity contribution in [1.82, 2.24) is 58.6 Å². The van der Waals surface area contributed by atoms with Crippen molar-refractivity contribution in [2.45, 2.75) is 79.7 Å². The van der Waals surface area contributed by atoms with Crippen LogP contribution in [0.25, 0.3) is 33.5 Å². The molecule has 392 valence electrons. The third-order valence-corrected chi connectivity index (χ3v) is 16.1. The van der Waals surface area contributed by atoms with Crippen molar-refractivity contribution in [2.24, 2.45) is 0 Å². The number of imidazole rings is 3. The number of aromatic nitrogens is 12. The monoisotopic (exact) mass is 1130 g/mol. The number of aliphatic hydroxyl groups excluding tert-OH is 6. The van der Waals surface area contributed by atoms with Crippen LogP contribution in [0.15, 0.2) is 38.0 Å². The smallest absolute Gasteiger partial charge is 0.325 e. The van der Waals surface area contributed by atoms with Gasteiger partial charge in [0.05, 0.1) is 52.0 Å². The van der Waals surface area contributed by atoms with Gasteiger partial charge in [0.25, 0.3) is 0 Å². The summed E-state index contributed by atoms with van der Waals surface area (Å²) in [5, 5.41) is 65.2. The van der Waals surface area contributed by atoms with Crippen LogP contribution in [0.5, 0.6) is 0 Å². The van der Waals surface area contributed by atoms with Crippen molar-refractivity contribution in [1.29, 1.82) is 0 Å². The topological polar surface area (TPSA) is 474 Å². The lowest BCUT2D eigenvalue weighted by atomic mass is 10.1. The van der Waals surface area contributed by atoms with Crippen LogP contribution in [0.2, 0.25) is 0 Å². The highest BCUT2D eigenvalue weighted by Gasteiger charge is 2.48. The van der Waals surface area contributed by atoms with Gasteiger partial charge in [0.15, 0.2) is 53.1 Å². The van der Waals surface area contributed by atoms with Gasteiger partial charge in [0.1, 0.15) is 96.6 Å². The van der Waals surface area contributed by atoms with E-state index >= 15 is 0 Å². The maximum atomic E-state index is 11.3. The van der Waals surface area contributed by atoms with Crippen LogP contribution in [0.3, 0.4) is 0 Å². The summed E-state index contributed by atoms with van der Waals surface area (Å²) in [5.41, 5.74) is 18.8. The van der Waals surface area contributed by atoms with Crippen molar-refractivity contribution in [3.8, 4) is 0 Å². The molecule has 0 radical (unpaired) electrons. The van der Waals surface area contributed by atoms with E-state index in [0.717, 1.165) is 0 Å². The third kappa shape index (κ3) is 11.0. The maximum Gasteiger partial charge on any atom is 0.325 e. The predicted molar refractivity (Wildman–Crippen MR) is 251 cm³/mol. The molecule has 3 aliphatic heterocycles. The van der Waals surface area contributed by atoms with Gasteiger partial charge in [0, 0.05) is 0 Å². The van der Waals surface area contributed by atoms with Gasteiger partial charge < -0.3 is 104 Å². The van der Waals surface area contributed by atoms with Gasteiger partial charge in [-0.25, -0.2) is 44.9 Å². The summed E-state index contributed by atoms with van der Waals surface area (Å²) in [4.78, 5) is 69.8. The normalized spacial score (nSPS) is 30.8. The fraction of sp³-hybridized carbons (Fsp3) is 0.545. The molecular formula is C33H44N15O18P3S3. The average molecular weight is 1130 g/mol. The van der Waals surface area contributed by atoms with Crippen LogP contribution in [0, 0.1) is 0 Å². The first kappa shape index (κ1) is 53.1. The molecular weight excluding hydrogens is 1080 g/mol. The SMILES string of the molecule is Nc1ncnc2c1ncn2C1OC(COP(O)(=S)OCC(COP(O)(=S)OCC2OC(n3cnc4c(N)ncnc43)C(O)C2O)OP(O)(=S)OCC2OC(n3cnc4c(N)ncnc43)C(O)C2O)C(O)C1O. The number of anilines is 3. The van der Waals surface area contributed by atoms with E-state index < -0.39 is 133 Å². The average Bonchev–Trinajstić information content (AvgIpc) is 4.20. The van der Waals surface area contributed by atoms with E-state index in [1.54, 1.807) is 0 Å². The Labute approximate surface area is 418 Å². The second-order valence-electron chi connectivity index (χ2n) is 16.0. The number of fused-ring (bicyclic) bond motifs is 3. The molecule has 15 atom stereocenters. The minimum atomic E-state index is -4.49. The second-order valence-corrected chi connectivity index (χ2v) is 24.5. The third-order valence-electron chi connectivity index (χ3n) is 11.3. The standard InChI is InChI=1S/C33H44N15O18P3S3/c34-25-16-28(40-6-37-25)46(9-43-16)31-22(52)19(49)13(63-31)3-60-67(55,70)58-1-12(66-69(57,72)62-5-15-21(51)24(54)33(65-15)48-11-45-18-27(36)39-8-42-30(18)48)2-59-68(56,71)61-4-14-20(50)23(53)32(64-14)47-10-44-17-26(35)38-7-41-29(17)47/h6-15,19-24,31-33,49-54H,1-5H2,(H,55,70)(H,56,71)(H,57,72)(H2,34,37,40)(H2,35,38,41)(H2,36,39,42). The van der Waals surface area contributed by atoms with E-state index in [1.807, 2.05) is 0 Å².